The molecule has 43 heavy (non-hydrogen) atoms. The molecule has 0 aliphatic carbocycles. The molecule has 0 bridgehead atoms. The number of benzene rings is 2. The van der Waals surface area contributed by atoms with E-state index in [1.54, 1.807) is 20.3 Å². The lowest BCUT2D eigenvalue weighted by atomic mass is 9.85. The van der Waals surface area contributed by atoms with Crippen LogP contribution in [0.5, 0.6) is 23.0 Å². The summed E-state index contributed by atoms with van der Waals surface area (Å²) in [5.41, 5.74) is 2.30. The third kappa shape index (κ3) is 15.0. The summed E-state index contributed by atoms with van der Waals surface area (Å²) in [5.74, 6) is 2.42. The largest absolute Gasteiger partial charge is 0.504 e. The van der Waals surface area contributed by atoms with Crippen LogP contribution in [0.1, 0.15) is 135 Å². The van der Waals surface area contributed by atoms with E-state index < -0.39 is 0 Å². The fourth-order valence-corrected chi connectivity index (χ4v) is 5.73. The molecule has 5 heteroatoms. The Kier molecular flexibility index (Phi) is 18.6. The zero-order valence-corrected chi connectivity index (χ0v) is 27.9. The van der Waals surface area contributed by atoms with E-state index in [4.69, 9.17) is 14.2 Å². The van der Waals surface area contributed by atoms with Gasteiger partial charge in [0, 0.05) is 6.42 Å². The Morgan fingerprint density at radius 1 is 0.628 bits per heavy atom. The minimum absolute atomic E-state index is 0.162. The first-order valence-electron chi connectivity index (χ1n) is 17.1. The molecule has 0 saturated carbocycles. The lowest BCUT2D eigenvalue weighted by Crippen LogP contribution is -2.14. The number of phenolic OH excluding ortho intramolecular Hbond substituents is 1. The number of aromatic hydroxyl groups is 1. The van der Waals surface area contributed by atoms with Gasteiger partial charge in [0.2, 0.25) is 0 Å². The van der Waals surface area contributed by atoms with Gasteiger partial charge in [0.1, 0.15) is 0 Å². The lowest BCUT2D eigenvalue weighted by Gasteiger charge is -2.21. The van der Waals surface area contributed by atoms with Crippen LogP contribution in [0.3, 0.4) is 0 Å². The van der Waals surface area contributed by atoms with Crippen molar-refractivity contribution in [1.29, 1.82) is 0 Å². The first kappa shape index (κ1) is 36.5. The molecule has 0 fully saturated rings. The van der Waals surface area contributed by atoms with Crippen LogP contribution in [0.4, 0.5) is 0 Å². The third-order valence-electron chi connectivity index (χ3n) is 8.77. The van der Waals surface area contributed by atoms with Crippen molar-refractivity contribution in [1.82, 2.24) is 0 Å². The van der Waals surface area contributed by atoms with Gasteiger partial charge in [-0.25, -0.2) is 0 Å². The Morgan fingerprint density at radius 2 is 1.07 bits per heavy atom. The molecule has 1 N–H and O–H groups in total. The van der Waals surface area contributed by atoms with Gasteiger partial charge in [0.15, 0.2) is 23.0 Å². The molecule has 0 saturated heterocycles. The maximum absolute atomic E-state index is 12.5. The van der Waals surface area contributed by atoms with Crippen molar-refractivity contribution >= 4 is 5.97 Å². The molecule has 0 heterocycles. The molecule has 0 aliphatic heterocycles. The number of phenols is 1. The first-order valence-corrected chi connectivity index (χ1v) is 17.1. The standard InChI is InChI=1S/C38H60O5/c1-6-7-8-9-10-11-12-13-14-15-16-17-18-19-20-21-38(40)43-35-25-23-33(29-37(35)42-5)27-31(3)30(2)26-32-22-24-34(39)36(28-32)41-4/h22-25,28-31,39H,6-21,26-27H2,1-5H3/t30-,31+/m1/s1. The second kappa shape index (κ2) is 21.9. The number of rotatable bonds is 24. The number of methoxy groups -OCH3 is 2. The smallest absolute Gasteiger partial charge is 0.311 e. The average Bonchev–Trinajstić information content (AvgIpc) is 3.00. The molecular weight excluding hydrogens is 536 g/mol. The van der Waals surface area contributed by atoms with E-state index in [0.717, 1.165) is 36.8 Å². The van der Waals surface area contributed by atoms with Crippen LogP contribution in [-0.4, -0.2) is 25.3 Å². The summed E-state index contributed by atoms with van der Waals surface area (Å²) in [6.45, 7) is 6.77. The maximum atomic E-state index is 12.5. The topological polar surface area (TPSA) is 65.0 Å². The van der Waals surface area contributed by atoms with Gasteiger partial charge >= 0.3 is 5.97 Å². The third-order valence-corrected chi connectivity index (χ3v) is 8.77. The van der Waals surface area contributed by atoms with E-state index >= 15 is 0 Å². The molecule has 0 aromatic heterocycles. The highest BCUT2D eigenvalue weighted by molar-refractivity contribution is 5.73. The molecule has 2 aromatic rings. The molecule has 0 amide bonds. The van der Waals surface area contributed by atoms with Gasteiger partial charge in [-0.15, -0.1) is 0 Å². The van der Waals surface area contributed by atoms with E-state index in [-0.39, 0.29) is 11.7 Å². The maximum Gasteiger partial charge on any atom is 0.311 e. The second-order valence-electron chi connectivity index (χ2n) is 12.5. The fourth-order valence-electron chi connectivity index (χ4n) is 5.73. The summed E-state index contributed by atoms with van der Waals surface area (Å²) in [6.07, 6.45) is 21.8. The highest BCUT2D eigenvalue weighted by atomic mass is 16.6. The summed E-state index contributed by atoms with van der Waals surface area (Å²) in [5, 5.41) is 9.87. The number of carbonyl (C=O) groups excluding carboxylic acids is 1. The average molecular weight is 597 g/mol. The lowest BCUT2D eigenvalue weighted by molar-refractivity contribution is -0.134. The van der Waals surface area contributed by atoms with Crippen molar-refractivity contribution < 1.29 is 24.1 Å². The molecule has 0 spiro atoms. The van der Waals surface area contributed by atoms with Gasteiger partial charge in [-0.05, 0) is 66.5 Å². The van der Waals surface area contributed by atoms with Crippen LogP contribution in [0.15, 0.2) is 36.4 Å². The minimum atomic E-state index is -0.188. The minimum Gasteiger partial charge on any atom is -0.504 e. The van der Waals surface area contributed by atoms with Gasteiger partial charge in [-0.2, -0.15) is 0 Å². The van der Waals surface area contributed by atoms with Crippen molar-refractivity contribution in [2.24, 2.45) is 11.8 Å². The zero-order valence-electron chi connectivity index (χ0n) is 27.9. The van der Waals surface area contributed by atoms with Crippen molar-refractivity contribution in [2.75, 3.05) is 14.2 Å². The van der Waals surface area contributed by atoms with E-state index in [9.17, 15) is 9.90 Å². The highest BCUT2D eigenvalue weighted by Gasteiger charge is 2.17. The summed E-state index contributed by atoms with van der Waals surface area (Å²) in [7, 11) is 3.19. The van der Waals surface area contributed by atoms with Crippen molar-refractivity contribution in [3.63, 3.8) is 0 Å². The molecule has 5 nitrogen and oxygen atoms in total. The Labute approximate surface area is 262 Å². The summed E-state index contributed by atoms with van der Waals surface area (Å²) >= 11 is 0. The van der Waals surface area contributed by atoms with Crippen LogP contribution in [-0.2, 0) is 17.6 Å². The van der Waals surface area contributed by atoms with Crippen molar-refractivity contribution in [3.05, 3.63) is 47.5 Å². The van der Waals surface area contributed by atoms with Gasteiger partial charge in [0.25, 0.3) is 0 Å². The Balaban J connectivity index is 1.62. The molecule has 0 radical (unpaired) electrons. The Morgan fingerprint density at radius 3 is 1.56 bits per heavy atom. The van der Waals surface area contributed by atoms with Gasteiger partial charge < -0.3 is 19.3 Å². The molecule has 2 atom stereocenters. The summed E-state index contributed by atoms with van der Waals surface area (Å²) in [6, 6.07) is 11.4. The number of carbonyl (C=O) groups is 1. The zero-order chi connectivity index (χ0) is 31.3. The van der Waals surface area contributed by atoms with Crippen LogP contribution in [0.2, 0.25) is 0 Å². The van der Waals surface area contributed by atoms with Crippen molar-refractivity contribution in [3.8, 4) is 23.0 Å². The van der Waals surface area contributed by atoms with Crippen LogP contribution in [0, 0.1) is 11.8 Å². The summed E-state index contributed by atoms with van der Waals surface area (Å²) in [4.78, 5) is 12.5. The van der Waals surface area contributed by atoms with Gasteiger partial charge in [-0.1, -0.05) is 123 Å². The van der Waals surface area contributed by atoms with E-state index in [1.807, 2.05) is 30.3 Å². The Bertz CT molecular complexity index is 1030. The number of esters is 1. The number of hydrogen-bond acceptors (Lipinski definition) is 5. The predicted octanol–water partition coefficient (Wildman–Crippen LogP) is 10.6. The molecule has 2 aromatic carbocycles. The monoisotopic (exact) mass is 596 g/mol. The quantitative estimate of drug-likeness (QED) is 0.0742. The van der Waals surface area contributed by atoms with E-state index in [0.29, 0.717) is 35.5 Å². The van der Waals surface area contributed by atoms with Gasteiger partial charge in [0.05, 0.1) is 14.2 Å². The molecule has 0 aliphatic rings. The van der Waals surface area contributed by atoms with Crippen LogP contribution >= 0.6 is 0 Å². The van der Waals surface area contributed by atoms with Crippen LogP contribution < -0.4 is 14.2 Å². The van der Waals surface area contributed by atoms with Crippen molar-refractivity contribution in [2.45, 2.75) is 136 Å². The predicted molar refractivity (Wildman–Crippen MR) is 179 cm³/mol. The summed E-state index contributed by atoms with van der Waals surface area (Å²) < 4.78 is 16.5. The SMILES string of the molecule is CCCCCCCCCCCCCCCCCC(=O)Oc1ccc(C[C@H](C)[C@H](C)Cc2ccc(O)c(OC)c2)cc1OC. The molecular formula is C38H60O5. The normalized spacial score (nSPS) is 12.6. The van der Waals surface area contributed by atoms with E-state index in [2.05, 4.69) is 20.8 Å². The fraction of sp³-hybridized carbons (Fsp3) is 0.658. The molecule has 0 unspecified atom stereocenters. The molecule has 242 valence electrons. The second-order valence-corrected chi connectivity index (χ2v) is 12.5. The number of ether oxygens (including phenoxy) is 3. The first-order chi connectivity index (χ1) is 20.9. The van der Waals surface area contributed by atoms with Crippen LogP contribution in [0.25, 0.3) is 0 Å². The highest BCUT2D eigenvalue weighted by Crippen LogP contribution is 2.32. The Hall–Kier alpha value is -2.69. The molecule has 2 rings (SSSR count). The van der Waals surface area contributed by atoms with E-state index in [1.165, 1.54) is 83.5 Å². The van der Waals surface area contributed by atoms with Gasteiger partial charge in [-0.3, -0.25) is 4.79 Å². The number of hydrogen-bond donors (Lipinski definition) is 1. The number of unbranched alkanes of at least 4 members (excludes halogenated alkanes) is 14.